The van der Waals surface area contributed by atoms with Crippen molar-refractivity contribution in [2.75, 3.05) is 0 Å². The number of para-hydroxylation sites is 2. The largest absolute Gasteiger partial charge is 0.456 e. The molecular weight excluding hydrogens is 615 g/mol. The molecular formula is C45H27N3O2. The fourth-order valence-corrected chi connectivity index (χ4v) is 6.87. The first-order valence-corrected chi connectivity index (χ1v) is 16.6. The molecule has 0 unspecified atom stereocenters. The summed E-state index contributed by atoms with van der Waals surface area (Å²) in [4.78, 5) is 15.3. The molecule has 0 saturated carbocycles. The lowest BCUT2D eigenvalue weighted by atomic mass is 10.0. The van der Waals surface area contributed by atoms with E-state index in [9.17, 15) is 0 Å². The second-order valence-corrected chi connectivity index (χ2v) is 12.4. The van der Waals surface area contributed by atoms with E-state index in [1.807, 2.05) is 84.9 Å². The van der Waals surface area contributed by atoms with Gasteiger partial charge in [-0.05, 0) is 64.7 Å². The average molecular weight is 642 g/mol. The molecule has 0 aliphatic rings. The highest BCUT2D eigenvalue weighted by Crippen LogP contribution is 2.38. The third-order valence-electron chi connectivity index (χ3n) is 9.35. The smallest absolute Gasteiger partial charge is 0.167 e. The number of rotatable bonds is 5. The number of furan rings is 2. The zero-order chi connectivity index (χ0) is 33.0. The second-order valence-electron chi connectivity index (χ2n) is 12.4. The van der Waals surface area contributed by atoms with Crippen LogP contribution in [-0.2, 0) is 0 Å². The highest BCUT2D eigenvalue weighted by atomic mass is 16.3. The van der Waals surface area contributed by atoms with Gasteiger partial charge in [0.1, 0.15) is 22.3 Å². The van der Waals surface area contributed by atoms with Gasteiger partial charge in [0.25, 0.3) is 0 Å². The monoisotopic (exact) mass is 641 g/mol. The minimum Gasteiger partial charge on any atom is -0.456 e. The lowest BCUT2D eigenvalue weighted by Gasteiger charge is -2.10. The van der Waals surface area contributed by atoms with Crippen molar-refractivity contribution < 1.29 is 8.83 Å². The van der Waals surface area contributed by atoms with Gasteiger partial charge in [-0.2, -0.15) is 0 Å². The highest BCUT2D eigenvalue weighted by molar-refractivity contribution is 6.09. The first-order chi connectivity index (χ1) is 24.7. The van der Waals surface area contributed by atoms with Crippen LogP contribution in [-0.4, -0.2) is 15.0 Å². The first kappa shape index (κ1) is 28.2. The molecule has 0 spiro atoms. The molecule has 234 valence electrons. The van der Waals surface area contributed by atoms with E-state index in [0.717, 1.165) is 82.8 Å². The van der Waals surface area contributed by atoms with Gasteiger partial charge in [0.2, 0.25) is 0 Å². The van der Waals surface area contributed by atoms with Crippen LogP contribution in [0, 0.1) is 0 Å². The van der Waals surface area contributed by atoms with Gasteiger partial charge >= 0.3 is 0 Å². The molecule has 0 amide bonds. The van der Waals surface area contributed by atoms with Crippen molar-refractivity contribution in [2.45, 2.75) is 0 Å². The number of fused-ring (bicyclic) bond motifs is 6. The van der Waals surface area contributed by atoms with Crippen LogP contribution in [0.4, 0.5) is 0 Å². The molecule has 5 nitrogen and oxygen atoms in total. The number of nitrogens with zero attached hydrogens (tertiary/aromatic N) is 3. The molecule has 3 aromatic heterocycles. The van der Waals surface area contributed by atoms with Crippen molar-refractivity contribution in [2.24, 2.45) is 0 Å². The quantitative estimate of drug-likeness (QED) is 0.187. The summed E-state index contributed by atoms with van der Waals surface area (Å²) in [5.74, 6) is 1.67. The third-order valence-corrected chi connectivity index (χ3v) is 9.35. The number of aromatic nitrogens is 3. The van der Waals surface area contributed by atoms with E-state index in [0.29, 0.717) is 17.5 Å². The molecule has 10 aromatic rings. The van der Waals surface area contributed by atoms with Gasteiger partial charge in [0.05, 0.1) is 5.56 Å². The number of benzene rings is 7. The van der Waals surface area contributed by atoms with E-state index in [2.05, 4.69) is 78.9 Å². The molecule has 50 heavy (non-hydrogen) atoms. The SMILES string of the molecule is c1ccc(-c2cccc(-c3nc(-c4ccc5c(c4)oc4cc(-c6ccccc6)ccc45)nc(-c4cccc5c4oc4ccccc45)n3)c2)cc1. The standard InChI is InChI=1S/C45H27N3O2/c1-3-11-28(12-4-1)30-15-9-16-32(25-30)43-46-44(48-45(47-43)38-19-10-18-37-34-17-7-8-20-39(34)50-42(37)38)33-22-24-36-35-23-21-31(29-13-5-2-6-14-29)26-40(35)49-41(36)27-33/h1-27H. The fraction of sp³-hybridized carbons (Fsp3) is 0. The predicted molar refractivity (Wildman–Crippen MR) is 202 cm³/mol. The molecule has 7 aromatic carbocycles. The van der Waals surface area contributed by atoms with Crippen LogP contribution in [0.2, 0.25) is 0 Å². The van der Waals surface area contributed by atoms with E-state index in [4.69, 9.17) is 23.8 Å². The highest BCUT2D eigenvalue weighted by Gasteiger charge is 2.19. The van der Waals surface area contributed by atoms with Crippen molar-refractivity contribution in [1.29, 1.82) is 0 Å². The summed E-state index contributed by atoms with van der Waals surface area (Å²) in [5, 5.41) is 4.18. The Bertz CT molecular complexity index is 2870. The van der Waals surface area contributed by atoms with Crippen molar-refractivity contribution in [1.82, 2.24) is 15.0 Å². The van der Waals surface area contributed by atoms with Crippen molar-refractivity contribution in [3.8, 4) is 56.4 Å². The van der Waals surface area contributed by atoms with E-state index < -0.39 is 0 Å². The first-order valence-electron chi connectivity index (χ1n) is 16.6. The second kappa shape index (κ2) is 11.4. The van der Waals surface area contributed by atoms with E-state index >= 15 is 0 Å². The van der Waals surface area contributed by atoms with Crippen LogP contribution in [0.1, 0.15) is 0 Å². The Hall–Kier alpha value is -6.85. The van der Waals surface area contributed by atoms with Gasteiger partial charge in [-0.3, -0.25) is 0 Å². The summed E-state index contributed by atoms with van der Waals surface area (Å²) < 4.78 is 12.9. The molecule has 0 bridgehead atoms. The fourth-order valence-electron chi connectivity index (χ4n) is 6.87. The maximum atomic E-state index is 6.48. The van der Waals surface area contributed by atoms with Crippen molar-refractivity contribution >= 4 is 43.9 Å². The minimum atomic E-state index is 0.539. The Labute approximate surface area is 287 Å². The van der Waals surface area contributed by atoms with Crippen LogP contribution in [0.15, 0.2) is 173 Å². The lowest BCUT2D eigenvalue weighted by molar-refractivity contribution is 0.668. The molecule has 0 radical (unpaired) electrons. The molecule has 0 saturated heterocycles. The maximum Gasteiger partial charge on any atom is 0.167 e. The van der Waals surface area contributed by atoms with Gasteiger partial charge < -0.3 is 8.83 Å². The summed E-state index contributed by atoms with van der Waals surface area (Å²) in [5.41, 5.74) is 10.2. The normalized spacial score (nSPS) is 11.6. The third kappa shape index (κ3) is 4.75. The van der Waals surface area contributed by atoms with Crippen molar-refractivity contribution in [3.05, 3.63) is 164 Å². The molecule has 3 heterocycles. The molecule has 0 aliphatic heterocycles. The zero-order valence-electron chi connectivity index (χ0n) is 26.7. The van der Waals surface area contributed by atoms with E-state index in [1.54, 1.807) is 0 Å². The lowest BCUT2D eigenvalue weighted by Crippen LogP contribution is -2.00. The Balaban J connectivity index is 1.16. The van der Waals surface area contributed by atoms with Gasteiger partial charge in [-0.15, -0.1) is 0 Å². The minimum absolute atomic E-state index is 0.539. The van der Waals surface area contributed by atoms with Crippen LogP contribution in [0.3, 0.4) is 0 Å². The molecule has 0 aliphatic carbocycles. The molecule has 10 rings (SSSR count). The predicted octanol–water partition coefficient (Wildman–Crippen LogP) is 12.0. The van der Waals surface area contributed by atoms with Gasteiger partial charge in [-0.1, -0.05) is 121 Å². The Morgan fingerprint density at radius 3 is 1.54 bits per heavy atom. The zero-order valence-corrected chi connectivity index (χ0v) is 26.7. The molecule has 0 N–H and O–H groups in total. The van der Waals surface area contributed by atoms with Gasteiger partial charge in [0.15, 0.2) is 17.5 Å². The topological polar surface area (TPSA) is 65.0 Å². The van der Waals surface area contributed by atoms with Crippen molar-refractivity contribution in [3.63, 3.8) is 0 Å². The summed E-state index contributed by atoms with van der Waals surface area (Å²) in [6.07, 6.45) is 0. The number of hydrogen-bond donors (Lipinski definition) is 0. The van der Waals surface area contributed by atoms with Crippen LogP contribution < -0.4 is 0 Å². The van der Waals surface area contributed by atoms with Gasteiger partial charge in [0, 0.05) is 32.7 Å². The summed E-state index contributed by atoms with van der Waals surface area (Å²) >= 11 is 0. The van der Waals surface area contributed by atoms with Crippen LogP contribution in [0.25, 0.3) is 100 Å². The van der Waals surface area contributed by atoms with Gasteiger partial charge in [-0.25, -0.2) is 15.0 Å². The number of hydrogen-bond acceptors (Lipinski definition) is 5. The Morgan fingerprint density at radius 2 is 0.800 bits per heavy atom. The summed E-state index contributed by atoms with van der Waals surface area (Å²) in [7, 11) is 0. The summed E-state index contributed by atoms with van der Waals surface area (Å²) in [6.45, 7) is 0. The average Bonchev–Trinajstić information content (AvgIpc) is 3.76. The Morgan fingerprint density at radius 1 is 0.300 bits per heavy atom. The van der Waals surface area contributed by atoms with E-state index in [-0.39, 0.29) is 0 Å². The van der Waals surface area contributed by atoms with E-state index in [1.165, 1.54) is 0 Å². The van der Waals surface area contributed by atoms with Crippen LogP contribution >= 0.6 is 0 Å². The Kier molecular flexibility index (Phi) is 6.42. The molecule has 0 fully saturated rings. The molecule has 5 heteroatoms. The molecule has 0 atom stereocenters. The maximum absolute atomic E-state index is 6.48. The van der Waals surface area contributed by atoms with Crippen LogP contribution in [0.5, 0.6) is 0 Å². The summed E-state index contributed by atoms with van der Waals surface area (Å²) in [6, 6.07) is 55.8.